The summed E-state index contributed by atoms with van der Waals surface area (Å²) in [4.78, 5) is 30.3. The quantitative estimate of drug-likeness (QED) is 0.695. The minimum Gasteiger partial charge on any atom is -0.322 e. The molecule has 0 bridgehead atoms. The highest BCUT2D eigenvalue weighted by atomic mass is 16.2. The molecule has 0 aliphatic heterocycles. The molecule has 114 valence electrons. The number of aromatic amines is 1. The van der Waals surface area contributed by atoms with Gasteiger partial charge in [0.25, 0.3) is 0 Å². The summed E-state index contributed by atoms with van der Waals surface area (Å²) in [6.45, 7) is 0. The van der Waals surface area contributed by atoms with Gasteiger partial charge in [0.15, 0.2) is 0 Å². The number of hydrogen-bond donors (Lipinski definition) is 3. The maximum absolute atomic E-state index is 12.1. The number of hydrogen-bond acceptors (Lipinski definition) is 3. The molecule has 0 atom stereocenters. The number of amides is 2. The van der Waals surface area contributed by atoms with Crippen LogP contribution < -0.4 is 16.2 Å². The summed E-state index contributed by atoms with van der Waals surface area (Å²) < 4.78 is 0. The molecular formula is C17H14N4O2. The first kappa shape index (κ1) is 14.5. The van der Waals surface area contributed by atoms with Gasteiger partial charge in [-0.3, -0.25) is 9.78 Å². The fraction of sp³-hybridized carbons (Fsp3) is 0. The summed E-state index contributed by atoms with van der Waals surface area (Å²) in [7, 11) is 0. The summed E-state index contributed by atoms with van der Waals surface area (Å²) in [5.41, 5.74) is 2.35. The van der Waals surface area contributed by atoms with Crippen LogP contribution in [-0.2, 0) is 0 Å². The Bertz CT molecular complexity index is 875. The normalized spacial score (nSPS) is 10.1. The molecule has 3 N–H and O–H groups in total. The van der Waals surface area contributed by atoms with Gasteiger partial charge in [-0.2, -0.15) is 0 Å². The zero-order valence-electron chi connectivity index (χ0n) is 12.1. The van der Waals surface area contributed by atoms with Gasteiger partial charge in [-0.05, 0) is 24.3 Å². The van der Waals surface area contributed by atoms with Crippen LogP contribution in [0.1, 0.15) is 0 Å². The minimum absolute atomic E-state index is 0.197. The number of H-pyrrole nitrogens is 1. The molecule has 3 aromatic rings. The van der Waals surface area contributed by atoms with Crippen molar-refractivity contribution in [3.05, 3.63) is 77.3 Å². The number of benzene rings is 1. The highest BCUT2D eigenvalue weighted by Gasteiger charge is 2.09. The molecule has 0 radical (unpaired) electrons. The first-order chi connectivity index (χ1) is 11.2. The van der Waals surface area contributed by atoms with E-state index in [2.05, 4.69) is 20.6 Å². The number of rotatable bonds is 3. The predicted octanol–water partition coefficient (Wildman–Crippen LogP) is 3.08. The average Bonchev–Trinajstić information content (AvgIpc) is 2.56. The molecule has 0 saturated carbocycles. The van der Waals surface area contributed by atoms with E-state index in [0.29, 0.717) is 17.1 Å². The predicted molar refractivity (Wildman–Crippen MR) is 89.4 cm³/mol. The van der Waals surface area contributed by atoms with E-state index in [0.717, 1.165) is 5.56 Å². The van der Waals surface area contributed by atoms with E-state index in [-0.39, 0.29) is 11.6 Å². The number of aromatic nitrogens is 2. The molecule has 0 spiro atoms. The van der Waals surface area contributed by atoms with E-state index in [4.69, 9.17) is 0 Å². The van der Waals surface area contributed by atoms with Crippen LogP contribution in [-0.4, -0.2) is 16.0 Å². The molecule has 0 fully saturated rings. The second-order valence-corrected chi connectivity index (χ2v) is 4.80. The molecule has 0 aliphatic carbocycles. The Morgan fingerprint density at radius 3 is 2.61 bits per heavy atom. The number of pyridine rings is 2. The Balaban J connectivity index is 1.83. The highest BCUT2D eigenvalue weighted by molar-refractivity contribution is 6.02. The van der Waals surface area contributed by atoms with Gasteiger partial charge in [-0.25, -0.2) is 4.79 Å². The Kier molecular flexibility index (Phi) is 4.15. The van der Waals surface area contributed by atoms with Crippen molar-refractivity contribution in [3.63, 3.8) is 0 Å². The number of carbonyl (C=O) groups excluding carboxylic acids is 1. The van der Waals surface area contributed by atoms with Gasteiger partial charge in [0.05, 0.1) is 23.3 Å². The van der Waals surface area contributed by atoms with Gasteiger partial charge < -0.3 is 15.6 Å². The molecule has 2 amide bonds. The first-order valence-electron chi connectivity index (χ1n) is 6.99. The molecule has 2 heterocycles. The maximum atomic E-state index is 12.1. The van der Waals surface area contributed by atoms with E-state index >= 15 is 0 Å². The van der Waals surface area contributed by atoms with Gasteiger partial charge in [-0.15, -0.1) is 0 Å². The lowest BCUT2D eigenvalue weighted by Crippen LogP contribution is -2.20. The molecule has 0 aliphatic rings. The van der Waals surface area contributed by atoms with Gasteiger partial charge in [0.1, 0.15) is 0 Å². The molecule has 0 unspecified atom stereocenters. The summed E-state index contributed by atoms with van der Waals surface area (Å²) in [6.07, 6.45) is 3.18. The van der Waals surface area contributed by atoms with E-state index in [9.17, 15) is 9.59 Å². The zero-order chi connectivity index (χ0) is 16.1. The Morgan fingerprint density at radius 2 is 1.83 bits per heavy atom. The summed E-state index contributed by atoms with van der Waals surface area (Å²) in [5.74, 6) is 0. The standard InChI is InChI=1S/C17H14N4O2/c22-16-9-3-8-14(20-16)13-6-1-2-7-15(13)21-17(23)19-12-5-4-10-18-11-12/h1-11H,(H,20,22)(H2,19,21,23). The van der Waals surface area contributed by atoms with Crippen molar-refractivity contribution in [1.82, 2.24) is 9.97 Å². The topological polar surface area (TPSA) is 86.9 Å². The second kappa shape index (κ2) is 6.57. The van der Waals surface area contributed by atoms with Crippen molar-refractivity contribution in [2.75, 3.05) is 10.6 Å². The Labute approximate surface area is 132 Å². The van der Waals surface area contributed by atoms with Crippen LogP contribution in [0.25, 0.3) is 11.3 Å². The van der Waals surface area contributed by atoms with Gasteiger partial charge in [0, 0.05) is 17.8 Å². The zero-order valence-corrected chi connectivity index (χ0v) is 12.1. The fourth-order valence-electron chi connectivity index (χ4n) is 2.15. The SMILES string of the molecule is O=C(Nc1cccnc1)Nc1ccccc1-c1cccc(=O)[nH]1. The number of carbonyl (C=O) groups is 1. The number of urea groups is 1. The number of anilines is 2. The van der Waals surface area contributed by atoms with Crippen molar-refractivity contribution < 1.29 is 4.79 Å². The van der Waals surface area contributed by atoms with Crippen molar-refractivity contribution in [3.8, 4) is 11.3 Å². The number of para-hydroxylation sites is 1. The lowest BCUT2D eigenvalue weighted by Gasteiger charge is -2.11. The van der Waals surface area contributed by atoms with Crippen molar-refractivity contribution in [2.45, 2.75) is 0 Å². The average molecular weight is 306 g/mol. The van der Waals surface area contributed by atoms with Crippen molar-refractivity contribution in [1.29, 1.82) is 0 Å². The molecule has 2 aromatic heterocycles. The lowest BCUT2D eigenvalue weighted by molar-refractivity contribution is 0.262. The molecule has 0 saturated heterocycles. The van der Waals surface area contributed by atoms with Crippen molar-refractivity contribution in [2.24, 2.45) is 0 Å². The van der Waals surface area contributed by atoms with Crippen LogP contribution >= 0.6 is 0 Å². The second-order valence-electron chi connectivity index (χ2n) is 4.80. The maximum Gasteiger partial charge on any atom is 0.323 e. The van der Waals surface area contributed by atoms with Gasteiger partial charge in [-0.1, -0.05) is 24.3 Å². The fourth-order valence-corrected chi connectivity index (χ4v) is 2.15. The lowest BCUT2D eigenvalue weighted by atomic mass is 10.1. The van der Waals surface area contributed by atoms with Crippen LogP contribution in [0.4, 0.5) is 16.2 Å². The summed E-state index contributed by atoms with van der Waals surface area (Å²) in [6, 6.07) is 15.2. The molecule has 6 nitrogen and oxygen atoms in total. The smallest absolute Gasteiger partial charge is 0.322 e. The minimum atomic E-state index is -0.385. The molecule has 1 aromatic carbocycles. The van der Waals surface area contributed by atoms with E-state index in [1.54, 1.807) is 42.7 Å². The number of nitrogens with one attached hydrogen (secondary N) is 3. The third-order valence-electron chi connectivity index (χ3n) is 3.15. The van der Waals surface area contributed by atoms with Crippen LogP contribution in [0, 0.1) is 0 Å². The van der Waals surface area contributed by atoms with Gasteiger partial charge in [0.2, 0.25) is 5.56 Å². The summed E-state index contributed by atoms with van der Waals surface area (Å²) >= 11 is 0. The van der Waals surface area contributed by atoms with Crippen LogP contribution in [0.5, 0.6) is 0 Å². The monoisotopic (exact) mass is 306 g/mol. The van der Waals surface area contributed by atoms with E-state index < -0.39 is 0 Å². The molecule has 23 heavy (non-hydrogen) atoms. The van der Waals surface area contributed by atoms with Crippen LogP contribution in [0.15, 0.2) is 71.8 Å². The molecular weight excluding hydrogens is 292 g/mol. The Morgan fingerprint density at radius 1 is 0.957 bits per heavy atom. The van der Waals surface area contributed by atoms with Crippen LogP contribution in [0.2, 0.25) is 0 Å². The van der Waals surface area contributed by atoms with Crippen LogP contribution in [0.3, 0.4) is 0 Å². The third-order valence-corrected chi connectivity index (χ3v) is 3.15. The van der Waals surface area contributed by atoms with E-state index in [1.807, 2.05) is 18.2 Å². The first-order valence-corrected chi connectivity index (χ1v) is 6.99. The summed E-state index contributed by atoms with van der Waals surface area (Å²) in [5, 5.41) is 5.47. The molecule has 6 heteroatoms. The third kappa shape index (κ3) is 3.62. The highest BCUT2D eigenvalue weighted by Crippen LogP contribution is 2.25. The van der Waals surface area contributed by atoms with E-state index in [1.165, 1.54) is 6.07 Å². The van der Waals surface area contributed by atoms with Gasteiger partial charge >= 0.3 is 6.03 Å². The van der Waals surface area contributed by atoms with Crippen molar-refractivity contribution >= 4 is 17.4 Å². The Hall–Kier alpha value is -3.41. The largest absolute Gasteiger partial charge is 0.323 e. The molecule has 3 rings (SSSR count). The number of nitrogens with zero attached hydrogens (tertiary/aromatic N) is 1.